The van der Waals surface area contributed by atoms with E-state index in [9.17, 15) is 8.42 Å². The van der Waals surface area contributed by atoms with Crippen LogP contribution in [0.15, 0.2) is 18.2 Å². The lowest BCUT2D eigenvalue weighted by Gasteiger charge is -2.09. The van der Waals surface area contributed by atoms with Crippen molar-refractivity contribution in [1.29, 1.82) is 0 Å². The molecule has 0 spiro atoms. The van der Waals surface area contributed by atoms with Gasteiger partial charge in [-0.25, -0.2) is 8.42 Å². The van der Waals surface area contributed by atoms with E-state index in [-0.39, 0.29) is 0 Å². The molecule has 0 unspecified atom stereocenters. The molecule has 1 aromatic carbocycles. The molecule has 7 heteroatoms. The Kier molecular flexibility index (Phi) is 4.26. The molecular weight excluding hydrogens is 254 g/mol. The average molecular weight is 266 g/mol. The fraction of sp³-hybridized carbons (Fsp3) is 0.333. The van der Waals surface area contributed by atoms with E-state index in [4.69, 9.17) is 21.1 Å². The van der Waals surface area contributed by atoms with E-state index in [0.717, 1.165) is 0 Å². The van der Waals surface area contributed by atoms with Crippen molar-refractivity contribution in [3.8, 4) is 11.5 Å². The molecule has 0 bridgehead atoms. The minimum atomic E-state index is -3.52. The first-order valence-corrected chi connectivity index (χ1v) is 6.49. The Hall–Kier alpha value is -1.14. The number of nitrogens with one attached hydrogen (secondary N) is 1. The van der Waals surface area contributed by atoms with Crippen LogP contribution in [0.3, 0.4) is 0 Å². The van der Waals surface area contributed by atoms with Crippen molar-refractivity contribution in [1.82, 2.24) is 0 Å². The van der Waals surface area contributed by atoms with Crippen molar-refractivity contribution < 1.29 is 17.9 Å². The number of ether oxygens (including phenoxy) is 2. The van der Waals surface area contributed by atoms with Crippen molar-refractivity contribution in [3.63, 3.8) is 0 Å². The second-order valence-electron chi connectivity index (χ2n) is 2.93. The number of sulfonamides is 1. The Bertz CT molecular complexity index is 438. The van der Waals surface area contributed by atoms with Crippen molar-refractivity contribution in [2.24, 2.45) is 0 Å². The summed E-state index contributed by atoms with van der Waals surface area (Å²) in [5.41, 5.74) is 0.344. The average Bonchev–Trinajstić information content (AvgIpc) is 2.28. The molecule has 0 atom stereocenters. The lowest BCUT2D eigenvalue weighted by atomic mass is 10.3. The van der Waals surface area contributed by atoms with Crippen molar-refractivity contribution in [2.45, 2.75) is 0 Å². The number of alkyl halides is 1. The van der Waals surface area contributed by atoms with E-state index < -0.39 is 15.2 Å². The van der Waals surface area contributed by atoms with Gasteiger partial charge in [-0.05, 0) is 0 Å². The summed E-state index contributed by atoms with van der Waals surface area (Å²) < 4.78 is 34.8. The third-order valence-electron chi connectivity index (χ3n) is 1.77. The molecule has 0 radical (unpaired) electrons. The second-order valence-corrected chi connectivity index (χ2v) is 5.23. The van der Waals surface area contributed by atoms with Gasteiger partial charge >= 0.3 is 0 Å². The normalized spacial score (nSPS) is 10.9. The smallest absolute Gasteiger partial charge is 0.246 e. The first-order chi connectivity index (χ1) is 7.50. The molecule has 1 rings (SSSR count). The summed E-state index contributed by atoms with van der Waals surface area (Å²) in [6, 6.07) is 4.71. The van der Waals surface area contributed by atoms with Crippen molar-refractivity contribution >= 4 is 27.3 Å². The van der Waals surface area contributed by atoms with Crippen LogP contribution in [-0.2, 0) is 10.0 Å². The van der Waals surface area contributed by atoms with Crippen LogP contribution in [0.25, 0.3) is 0 Å². The van der Waals surface area contributed by atoms with E-state index in [1.807, 2.05) is 0 Å². The van der Waals surface area contributed by atoms with Crippen LogP contribution >= 0.6 is 11.6 Å². The Morgan fingerprint density at radius 2 is 1.69 bits per heavy atom. The summed E-state index contributed by atoms with van der Waals surface area (Å²) in [6.45, 7) is 0. The van der Waals surface area contributed by atoms with Gasteiger partial charge in [0.2, 0.25) is 10.0 Å². The van der Waals surface area contributed by atoms with Crippen LogP contribution in [0.4, 0.5) is 5.69 Å². The number of hydrogen-bond donors (Lipinski definition) is 1. The minimum Gasteiger partial charge on any atom is -0.497 e. The molecule has 1 aromatic rings. The number of rotatable bonds is 5. The summed E-state index contributed by atoms with van der Waals surface area (Å²) in [6.07, 6.45) is 0. The van der Waals surface area contributed by atoms with Crippen LogP contribution in [0.5, 0.6) is 11.5 Å². The van der Waals surface area contributed by atoms with Gasteiger partial charge in [-0.2, -0.15) is 0 Å². The minimum absolute atomic E-state index is 0.344. The molecule has 0 fully saturated rings. The van der Waals surface area contributed by atoms with Gasteiger partial charge in [-0.3, -0.25) is 4.72 Å². The molecule has 0 aromatic heterocycles. The fourth-order valence-corrected chi connectivity index (χ4v) is 1.77. The van der Waals surface area contributed by atoms with Gasteiger partial charge in [0.1, 0.15) is 16.7 Å². The van der Waals surface area contributed by atoms with Gasteiger partial charge in [-0.1, -0.05) is 0 Å². The quantitative estimate of drug-likeness (QED) is 0.822. The van der Waals surface area contributed by atoms with Gasteiger partial charge in [0.05, 0.1) is 19.9 Å². The number of methoxy groups -OCH3 is 2. The molecule has 0 amide bonds. The third kappa shape index (κ3) is 3.46. The predicted octanol–water partition coefficient (Wildman–Crippen LogP) is 1.64. The zero-order valence-corrected chi connectivity index (χ0v) is 10.4. The van der Waals surface area contributed by atoms with Crippen LogP contribution in [0.2, 0.25) is 0 Å². The highest BCUT2D eigenvalue weighted by atomic mass is 35.5. The Labute approximate surface area is 99.4 Å². The molecule has 0 saturated heterocycles. The third-order valence-corrected chi connectivity index (χ3v) is 3.46. The maximum Gasteiger partial charge on any atom is 0.246 e. The molecule has 0 heterocycles. The molecule has 0 aliphatic rings. The maximum atomic E-state index is 11.2. The molecule has 0 aliphatic heterocycles. The summed E-state index contributed by atoms with van der Waals surface area (Å²) in [7, 11) is -0.557. The molecular formula is C9H12ClNO4S. The summed E-state index contributed by atoms with van der Waals surface area (Å²) >= 11 is 5.28. The van der Waals surface area contributed by atoms with Gasteiger partial charge < -0.3 is 9.47 Å². The largest absolute Gasteiger partial charge is 0.497 e. The molecule has 0 saturated carbocycles. The van der Waals surface area contributed by atoms with Crippen molar-refractivity contribution in [2.75, 3.05) is 24.2 Å². The highest BCUT2D eigenvalue weighted by molar-refractivity contribution is 7.93. The molecule has 1 N–H and O–H groups in total. The Morgan fingerprint density at radius 1 is 1.19 bits per heavy atom. The maximum absolute atomic E-state index is 11.2. The lowest BCUT2D eigenvalue weighted by molar-refractivity contribution is 0.395. The molecule has 0 aliphatic carbocycles. The lowest BCUT2D eigenvalue weighted by Crippen LogP contribution is -2.13. The molecule has 5 nitrogen and oxygen atoms in total. The van der Waals surface area contributed by atoms with Gasteiger partial charge in [0.15, 0.2) is 0 Å². The van der Waals surface area contributed by atoms with Gasteiger partial charge in [0, 0.05) is 18.2 Å². The highest BCUT2D eigenvalue weighted by Gasteiger charge is 2.10. The fourth-order valence-electron chi connectivity index (χ4n) is 1.07. The number of benzene rings is 1. The zero-order valence-electron chi connectivity index (χ0n) is 8.86. The standard InChI is InChI=1S/C9H12ClNO4S/c1-14-8-3-7(4-9(5-8)15-2)11-16(12,13)6-10/h3-5,11H,6H2,1-2H3. The second kappa shape index (κ2) is 5.27. The van der Waals surface area contributed by atoms with E-state index in [2.05, 4.69) is 4.72 Å². The first kappa shape index (κ1) is 12.9. The summed E-state index contributed by atoms with van der Waals surface area (Å²) in [4.78, 5) is 0. The Balaban J connectivity index is 3.04. The molecule has 16 heavy (non-hydrogen) atoms. The zero-order chi connectivity index (χ0) is 12.2. The van der Waals surface area contributed by atoms with Crippen LogP contribution in [0, 0.1) is 0 Å². The summed E-state index contributed by atoms with van der Waals surface area (Å²) in [5.74, 6) is 0.984. The van der Waals surface area contributed by atoms with E-state index in [0.29, 0.717) is 17.2 Å². The van der Waals surface area contributed by atoms with Gasteiger partial charge in [0.25, 0.3) is 0 Å². The number of halogens is 1. The molecule has 90 valence electrons. The monoisotopic (exact) mass is 265 g/mol. The van der Waals surface area contributed by atoms with E-state index in [1.165, 1.54) is 26.4 Å². The number of hydrogen-bond acceptors (Lipinski definition) is 4. The predicted molar refractivity (Wildman–Crippen MR) is 62.8 cm³/mol. The summed E-state index contributed by atoms with van der Waals surface area (Å²) in [5, 5.41) is -0.507. The first-order valence-electron chi connectivity index (χ1n) is 4.30. The number of anilines is 1. The van der Waals surface area contributed by atoms with E-state index >= 15 is 0 Å². The topological polar surface area (TPSA) is 64.6 Å². The SMILES string of the molecule is COc1cc(NS(=O)(=O)CCl)cc(OC)c1. The highest BCUT2D eigenvalue weighted by Crippen LogP contribution is 2.26. The van der Waals surface area contributed by atoms with Crippen LogP contribution < -0.4 is 14.2 Å². The van der Waals surface area contributed by atoms with Gasteiger partial charge in [-0.15, -0.1) is 11.6 Å². The van der Waals surface area contributed by atoms with Crippen LogP contribution in [0.1, 0.15) is 0 Å². The van der Waals surface area contributed by atoms with E-state index in [1.54, 1.807) is 6.07 Å². The Morgan fingerprint density at radius 3 is 2.06 bits per heavy atom. The van der Waals surface area contributed by atoms with Crippen molar-refractivity contribution in [3.05, 3.63) is 18.2 Å². The van der Waals surface area contributed by atoms with Crippen LogP contribution in [-0.4, -0.2) is 27.8 Å².